The Hall–Kier alpha value is -2.37. The van der Waals surface area contributed by atoms with Crippen LogP contribution in [-0.2, 0) is 19.1 Å². The van der Waals surface area contributed by atoms with E-state index in [1.165, 1.54) is 12.1 Å². The normalized spacial score (nSPS) is 30.1. The number of alkyl halides is 4. The van der Waals surface area contributed by atoms with Gasteiger partial charge in [-0.3, -0.25) is 4.90 Å². The van der Waals surface area contributed by atoms with E-state index in [0.717, 1.165) is 56.7 Å². The number of anilines is 2. The Bertz CT molecular complexity index is 1280. The van der Waals surface area contributed by atoms with Crippen LogP contribution in [0, 0.1) is 0 Å². The molecule has 1 N–H and O–H groups in total. The standard InChI is InChI=1S/C28H33ClF4N6O/c29-21-3-1-4-23(24(21)28(31,32)33)37-10-7-20-22(15-37)35-26(36-25(20)38-13-18-5-6-19(14-38)34-18)40-16-27-8-2-9-39(27)12-17(30)11-27/h1,3-4,17-19,34H,2,5-16H2/t17-,18?,19?,27?/m1/s1. The smallest absolute Gasteiger partial charge is 0.419 e. The molecule has 0 amide bonds. The minimum atomic E-state index is -4.58. The Morgan fingerprint density at radius 1 is 1.07 bits per heavy atom. The second-order valence-corrected chi connectivity index (χ2v) is 12.4. The molecule has 1 aromatic heterocycles. The molecule has 5 aliphatic heterocycles. The molecule has 6 heterocycles. The third-order valence-electron chi connectivity index (χ3n) is 9.39. The molecule has 4 saturated heterocycles. The molecule has 216 valence electrons. The second kappa shape index (κ2) is 9.87. The third-order valence-corrected chi connectivity index (χ3v) is 9.70. The molecule has 0 radical (unpaired) electrons. The first-order chi connectivity index (χ1) is 19.2. The first-order valence-corrected chi connectivity index (χ1v) is 14.6. The monoisotopic (exact) mass is 580 g/mol. The average Bonchev–Trinajstić information content (AvgIpc) is 3.56. The van der Waals surface area contributed by atoms with Crippen LogP contribution in [0.3, 0.4) is 0 Å². The molecule has 0 spiro atoms. The quantitative estimate of drug-likeness (QED) is 0.519. The van der Waals surface area contributed by atoms with Gasteiger partial charge < -0.3 is 19.9 Å². The Kier molecular flexibility index (Phi) is 6.55. The lowest BCUT2D eigenvalue weighted by molar-refractivity contribution is -0.137. The van der Waals surface area contributed by atoms with Gasteiger partial charge in [0.25, 0.3) is 0 Å². The summed E-state index contributed by atoms with van der Waals surface area (Å²) in [6.45, 7) is 3.80. The molecular weight excluding hydrogens is 548 g/mol. The molecule has 7 nitrogen and oxygen atoms in total. The highest BCUT2D eigenvalue weighted by Gasteiger charge is 2.49. The van der Waals surface area contributed by atoms with E-state index >= 15 is 0 Å². The maximum atomic E-state index is 14.3. The van der Waals surface area contributed by atoms with Crippen LogP contribution in [0.25, 0.3) is 0 Å². The van der Waals surface area contributed by atoms with Gasteiger partial charge in [-0.15, -0.1) is 0 Å². The Labute approximate surface area is 235 Å². The van der Waals surface area contributed by atoms with E-state index in [2.05, 4.69) is 15.1 Å². The average molecular weight is 581 g/mol. The largest absolute Gasteiger partial charge is 0.461 e. The SMILES string of the molecule is F[C@H]1CN2CCCC2(COc2nc3c(c(N4CC5CCC(C4)N5)n2)CCN(c2cccc(Cl)c2C(F)(F)F)C3)C1. The minimum Gasteiger partial charge on any atom is -0.461 e. The molecule has 12 heteroatoms. The van der Waals surface area contributed by atoms with Crippen LogP contribution in [0.4, 0.5) is 29.1 Å². The lowest BCUT2D eigenvalue weighted by atomic mass is 9.95. The predicted molar refractivity (Wildman–Crippen MR) is 144 cm³/mol. The van der Waals surface area contributed by atoms with Crippen LogP contribution in [0.15, 0.2) is 18.2 Å². The van der Waals surface area contributed by atoms with Gasteiger partial charge in [-0.05, 0) is 50.8 Å². The van der Waals surface area contributed by atoms with Crippen molar-refractivity contribution in [3.05, 3.63) is 40.0 Å². The number of halogens is 5. The molecule has 40 heavy (non-hydrogen) atoms. The molecule has 2 aromatic rings. The van der Waals surface area contributed by atoms with Gasteiger partial charge in [0.05, 0.1) is 34.1 Å². The van der Waals surface area contributed by atoms with Crippen LogP contribution in [0.5, 0.6) is 6.01 Å². The number of piperazine rings is 1. The number of aromatic nitrogens is 2. The molecule has 0 saturated carbocycles. The Morgan fingerprint density at radius 2 is 1.88 bits per heavy atom. The van der Waals surface area contributed by atoms with Gasteiger partial charge in [-0.25, -0.2) is 4.39 Å². The number of rotatable bonds is 5. The van der Waals surface area contributed by atoms with Gasteiger partial charge in [-0.1, -0.05) is 17.7 Å². The minimum absolute atomic E-state index is 0.0499. The zero-order valence-electron chi connectivity index (χ0n) is 22.2. The van der Waals surface area contributed by atoms with Crippen LogP contribution in [0.1, 0.15) is 48.9 Å². The number of hydrogen-bond donors (Lipinski definition) is 1. The lowest BCUT2D eigenvalue weighted by Crippen LogP contribution is -2.52. The molecular formula is C28H33ClF4N6O. The van der Waals surface area contributed by atoms with Crippen LogP contribution < -0.4 is 19.9 Å². The van der Waals surface area contributed by atoms with Crippen LogP contribution in [0.2, 0.25) is 5.02 Å². The molecule has 7 rings (SSSR count). The molecule has 5 aliphatic rings. The summed E-state index contributed by atoms with van der Waals surface area (Å²) in [6, 6.07) is 5.28. The zero-order valence-corrected chi connectivity index (χ0v) is 22.9. The van der Waals surface area contributed by atoms with Gasteiger partial charge in [0, 0.05) is 50.2 Å². The number of ether oxygens (including phenoxy) is 1. The van der Waals surface area contributed by atoms with Gasteiger partial charge in [0.1, 0.15) is 18.6 Å². The van der Waals surface area contributed by atoms with Gasteiger partial charge >= 0.3 is 12.2 Å². The molecule has 4 atom stereocenters. The van der Waals surface area contributed by atoms with Crippen molar-refractivity contribution in [2.45, 2.75) is 75.0 Å². The zero-order chi connectivity index (χ0) is 27.6. The fraction of sp³-hybridized carbons (Fsp3) is 0.643. The van der Waals surface area contributed by atoms with E-state index in [1.54, 1.807) is 11.0 Å². The highest BCUT2D eigenvalue weighted by atomic mass is 35.5. The van der Waals surface area contributed by atoms with Crippen molar-refractivity contribution in [2.75, 3.05) is 49.1 Å². The van der Waals surface area contributed by atoms with Crippen molar-refractivity contribution in [2.24, 2.45) is 0 Å². The fourth-order valence-electron chi connectivity index (χ4n) is 7.59. The maximum absolute atomic E-state index is 14.3. The van der Waals surface area contributed by atoms with Crippen molar-refractivity contribution >= 4 is 23.1 Å². The predicted octanol–water partition coefficient (Wildman–Crippen LogP) is 4.61. The van der Waals surface area contributed by atoms with E-state index in [-0.39, 0.29) is 28.8 Å². The fourth-order valence-corrected chi connectivity index (χ4v) is 7.87. The summed E-state index contributed by atoms with van der Waals surface area (Å²) >= 11 is 6.04. The van der Waals surface area contributed by atoms with Crippen molar-refractivity contribution in [3.8, 4) is 6.01 Å². The van der Waals surface area contributed by atoms with E-state index in [4.69, 9.17) is 26.3 Å². The van der Waals surface area contributed by atoms with Gasteiger partial charge in [-0.2, -0.15) is 23.1 Å². The molecule has 4 fully saturated rings. The lowest BCUT2D eigenvalue weighted by Gasteiger charge is -2.38. The Balaban J connectivity index is 1.22. The van der Waals surface area contributed by atoms with Crippen molar-refractivity contribution in [3.63, 3.8) is 0 Å². The summed E-state index contributed by atoms with van der Waals surface area (Å²) in [4.78, 5) is 15.8. The van der Waals surface area contributed by atoms with Crippen LogP contribution >= 0.6 is 11.6 Å². The van der Waals surface area contributed by atoms with Crippen molar-refractivity contribution in [1.29, 1.82) is 0 Å². The highest BCUT2D eigenvalue weighted by Crippen LogP contribution is 2.44. The van der Waals surface area contributed by atoms with Crippen molar-refractivity contribution in [1.82, 2.24) is 20.2 Å². The van der Waals surface area contributed by atoms with E-state index in [9.17, 15) is 17.6 Å². The molecule has 2 bridgehead atoms. The highest BCUT2D eigenvalue weighted by molar-refractivity contribution is 6.31. The molecule has 3 unspecified atom stereocenters. The van der Waals surface area contributed by atoms with Crippen molar-refractivity contribution < 1.29 is 22.3 Å². The number of hydrogen-bond acceptors (Lipinski definition) is 7. The van der Waals surface area contributed by atoms with Gasteiger partial charge in [0.15, 0.2) is 0 Å². The van der Waals surface area contributed by atoms with Gasteiger partial charge in [0.2, 0.25) is 0 Å². The topological polar surface area (TPSA) is 56.8 Å². The number of fused-ring (bicyclic) bond motifs is 4. The van der Waals surface area contributed by atoms with E-state index in [1.807, 2.05) is 0 Å². The van der Waals surface area contributed by atoms with E-state index in [0.29, 0.717) is 50.3 Å². The Morgan fingerprint density at radius 3 is 2.65 bits per heavy atom. The maximum Gasteiger partial charge on any atom is 0.419 e. The summed E-state index contributed by atoms with van der Waals surface area (Å²) in [5, 5.41) is 3.33. The molecule has 1 aromatic carbocycles. The first-order valence-electron chi connectivity index (χ1n) is 14.2. The third kappa shape index (κ3) is 4.67. The number of nitrogens with one attached hydrogen (secondary N) is 1. The second-order valence-electron chi connectivity index (χ2n) is 12.0. The molecule has 0 aliphatic carbocycles. The first kappa shape index (κ1) is 26.5. The van der Waals surface area contributed by atoms with Crippen LogP contribution in [-0.4, -0.2) is 78.0 Å². The van der Waals surface area contributed by atoms with E-state index < -0.39 is 17.9 Å². The number of nitrogens with zero attached hydrogens (tertiary/aromatic N) is 5. The summed E-state index contributed by atoms with van der Waals surface area (Å²) in [7, 11) is 0. The summed E-state index contributed by atoms with van der Waals surface area (Å²) in [5.74, 6) is 0.816. The summed E-state index contributed by atoms with van der Waals surface area (Å²) in [6.07, 6.45) is -0.395. The summed E-state index contributed by atoms with van der Waals surface area (Å²) in [5.41, 5.74) is 0.508. The number of benzene rings is 1. The summed E-state index contributed by atoms with van der Waals surface area (Å²) < 4.78 is 62.6.